The van der Waals surface area contributed by atoms with Gasteiger partial charge in [-0.25, -0.2) is 0 Å². The molecule has 0 aliphatic heterocycles. The minimum Gasteiger partial charge on any atom is -0.320 e. The highest BCUT2D eigenvalue weighted by Crippen LogP contribution is 1.91. The number of aromatic amines is 1. The van der Waals surface area contributed by atoms with E-state index in [0.29, 0.717) is 12.0 Å². The topological polar surface area (TPSA) is 49.9 Å². The molecule has 0 radical (unpaired) electrons. The Bertz CT molecular complexity index is 301. The van der Waals surface area contributed by atoms with E-state index in [1.165, 1.54) is 6.07 Å². The average Bonchev–Trinajstić information content (AvgIpc) is 1.85. The number of carbonyl (C=O) groups is 1. The number of aryl methyl sites for hydroxylation is 1. The third-order valence-electron chi connectivity index (χ3n) is 1.14. The second-order valence-corrected chi connectivity index (χ2v) is 2.10. The maximum absolute atomic E-state index is 10.7. The zero-order valence-corrected chi connectivity index (χ0v) is 5.55. The summed E-state index contributed by atoms with van der Waals surface area (Å²) in [6, 6.07) is 3.06. The van der Waals surface area contributed by atoms with Gasteiger partial charge in [-0.3, -0.25) is 9.59 Å². The van der Waals surface area contributed by atoms with Gasteiger partial charge in [-0.05, 0) is 18.6 Å². The number of hydrogen-bond acceptors (Lipinski definition) is 2. The molecule has 0 fully saturated rings. The fourth-order valence-corrected chi connectivity index (χ4v) is 0.772. The molecule has 0 saturated carbocycles. The molecule has 1 heterocycles. The summed E-state index contributed by atoms with van der Waals surface area (Å²) in [5, 5.41) is 0. The molecule has 0 saturated heterocycles. The number of hydrogen-bond donors (Lipinski definition) is 1. The first-order valence-electron chi connectivity index (χ1n) is 2.88. The summed E-state index contributed by atoms with van der Waals surface area (Å²) in [6.45, 7) is 1.77. The number of H-pyrrole nitrogens is 1. The van der Waals surface area contributed by atoms with Crippen LogP contribution in [0.2, 0.25) is 0 Å². The molecular weight excluding hydrogens is 130 g/mol. The van der Waals surface area contributed by atoms with E-state index in [9.17, 15) is 9.59 Å². The average molecular weight is 137 g/mol. The molecule has 0 atom stereocenters. The third kappa shape index (κ3) is 1.31. The van der Waals surface area contributed by atoms with Crippen LogP contribution in [0.3, 0.4) is 0 Å². The minimum atomic E-state index is -0.234. The lowest BCUT2D eigenvalue weighted by Gasteiger charge is -1.90. The van der Waals surface area contributed by atoms with Crippen LogP contribution in [0.25, 0.3) is 0 Å². The highest BCUT2D eigenvalue weighted by Gasteiger charge is 1.91. The summed E-state index contributed by atoms with van der Waals surface area (Å²) in [6.07, 6.45) is 0.619. The molecule has 0 aromatic carbocycles. The number of aromatic nitrogens is 1. The molecule has 1 aromatic rings. The number of pyridine rings is 1. The lowest BCUT2D eigenvalue weighted by molar-refractivity contribution is 0.111. The second-order valence-electron chi connectivity index (χ2n) is 2.10. The molecule has 3 heteroatoms. The van der Waals surface area contributed by atoms with Crippen molar-refractivity contribution in [1.29, 1.82) is 0 Å². The summed E-state index contributed by atoms with van der Waals surface area (Å²) in [5.74, 6) is 0. The van der Waals surface area contributed by atoms with Crippen molar-refractivity contribution in [2.45, 2.75) is 6.92 Å². The Balaban J connectivity index is 3.32. The largest absolute Gasteiger partial charge is 0.320 e. The molecule has 52 valence electrons. The Morgan fingerprint density at radius 3 is 2.70 bits per heavy atom. The Morgan fingerprint density at radius 1 is 1.50 bits per heavy atom. The van der Waals surface area contributed by atoms with E-state index in [4.69, 9.17) is 0 Å². The van der Waals surface area contributed by atoms with Crippen molar-refractivity contribution < 1.29 is 4.79 Å². The van der Waals surface area contributed by atoms with Gasteiger partial charge in [0.2, 0.25) is 5.56 Å². The Kier molecular flexibility index (Phi) is 1.67. The van der Waals surface area contributed by atoms with Crippen LogP contribution in [0, 0.1) is 6.92 Å². The number of aldehydes is 1. The normalized spacial score (nSPS) is 9.30. The van der Waals surface area contributed by atoms with Crippen LogP contribution >= 0.6 is 0 Å². The summed E-state index contributed by atoms with van der Waals surface area (Å²) in [4.78, 5) is 23.2. The van der Waals surface area contributed by atoms with Crippen LogP contribution in [0.1, 0.15) is 16.1 Å². The van der Waals surface area contributed by atoms with Crippen LogP contribution in [-0.4, -0.2) is 11.3 Å². The quantitative estimate of drug-likeness (QED) is 0.573. The van der Waals surface area contributed by atoms with E-state index >= 15 is 0 Å². The van der Waals surface area contributed by atoms with Crippen molar-refractivity contribution in [2.75, 3.05) is 0 Å². The summed E-state index contributed by atoms with van der Waals surface area (Å²) >= 11 is 0. The van der Waals surface area contributed by atoms with Crippen molar-refractivity contribution in [3.8, 4) is 0 Å². The molecule has 0 spiro atoms. The summed E-state index contributed by atoms with van der Waals surface area (Å²) < 4.78 is 0. The van der Waals surface area contributed by atoms with Crippen LogP contribution in [0.4, 0.5) is 0 Å². The van der Waals surface area contributed by atoms with E-state index in [0.717, 1.165) is 5.56 Å². The van der Waals surface area contributed by atoms with Gasteiger partial charge in [0.15, 0.2) is 6.29 Å². The molecule has 0 amide bonds. The van der Waals surface area contributed by atoms with Crippen molar-refractivity contribution in [3.63, 3.8) is 0 Å². The summed E-state index contributed by atoms with van der Waals surface area (Å²) in [5.41, 5.74) is 0.887. The van der Waals surface area contributed by atoms with Gasteiger partial charge in [-0.2, -0.15) is 0 Å². The van der Waals surface area contributed by atoms with Crippen LogP contribution in [-0.2, 0) is 0 Å². The highest BCUT2D eigenvalue weighted by molar-refractivity contribution is 5.71. The van der Waals surface area contributed by atoms with Gasteiger partial charge in [-0.15, -0.1) is 0 Å². The first kappa shape index (κ1) is 6.74. The van der Waals surface area contributed by atoms with E-state index in [1.807, 2.05) is 0 Å². The Hall–Kier alpha value is -1.38. The monoisotopic (exact) mass is 137 g/mol. The van der Waals surface area contributed by atoms with Crippen LogP contribution < -0.4 is 5.56 Å². The molecule has 10 heavy (non-hydrogen) atoms. The lowest BCUT2D eigenvalue weighted by atomic mass is 10.2. The lowest BCUT2D eigenvalue weighted by Crippen LogP contribution is -2.07. The van der Waals surface area contributed by atoms with Gasteiger partial charge in [0.05, 0.1) is 5.69 Å². The zero-order valence-electron chi connectivity index (χ0n) is 5.55. The molecule has 3 nitrogen and oxygen atoms in total. The molecule has 1 N–H and O–H groups in total. The molecule has 0 aliphatic rings. The van der Waals surface area contributed by atoms with Crippen molar-refractivity contribution in [1.82, 2.24) is 4.98 Å². The Morgan fingerprint density at radius 2 is 2.20 bits per heavy atom. The maximum atomic E-state index is 10.7. The van der Waals surface area contributed by atoms with E-state index in [2.05, 4.69) is 4.98 Å². The van der Waals surface area contributed by atoms with Gasteiger partial charge in [0.25, 0.3) is 0 Å². The molecule has 1 rings (SSSR count). The molecule has 0 unspecified atom stereocenters. The molecule has 0 aliphatic carbocycles. The summed E-state index contributed by atoms with van der Waals surface area (Å²) in [7, 11) is 0. The van der Waals surface area contributed by atoms with Crippen molar-refractivity contribution in [3.05, 3.63) is 33.7 Å². The minimum absolute atomic E-state index is 0.234. The van der Waals surface area contributed by atoms with Gasteiger partial charge < -0.3 is 4.98 Å². The molecule has 0 bridgehead atoms. The first-order valence-corrected chi connectivity index (χ1v) is 2.88. The van der Waals surface area contributed by atoms with E-state index in [-0.39, 0.29) is 5.56 Å². The highest BCUT2D eigenvalue weighted by atomic mass is 16.1. The second kappa shape index (κ2) is 2.47. The van der Waals surface area contributed by atoms with E-state index in [1.54, 1.807) is 13.0 Å². The predicted octanol–water partition coefficient (Wildman–Crippen LogP) is 0.496. The zero-order chi connectivity index (χ0) is 7.56. The molecule has 1 aromatic heterocycles. The van der Waals surface area contributed by atoms with Crippen molar-refractivity contribution >= 4 is 6.29 Å². The maximum Gasteiger partial charge on any atom is 0.248 e. The van der Waals surface area contributed by atoms with Gasteiger partial charge >= 0.3 is 0 Å². The first-order chi connectivity index (χ1) is 4.72. The fraction of sp³-hybridized carbons (Fsp3) is 0.143. The number of nitrogens with one attached hydrogen (secondary N) is 1. The van der Waals surface area contributed by atoms with Crippen molar-refractivity contribution in [2.24, 2.45) is 0 Å². The fourth-order valence-electron chi connectivity index (χ4n) is 0.772. The molecular formula is C7H7NO2. The van der Waals surface area contributed by atoms with Gasteiger partial charge in [0, 0.05) is 6.07 Å². The number of rotatable bonds is 1. The smallest absolute Gasteiger partial charge is 0.248 e. The predicted molar refractivity (Wildman–Crippen MR) is 37.2 cm³/mol. The Labute approximate surface area is 57.7 Å². The van der Waals surface area contributed by atoms with Crippen LogP contribution in [0.15, 0.2) is 16.9 Å². The van der Waals surface area contributed by atoms with Crippen LogP contribution in [0.5, 0.6) is 0 Å². The third-order valence-corrected chi connectivity index (χ3v) is 1.14. The van der Waals surface area contributed by atoms with Gasteiger partial charge in [0.1, 0.15) is 0 Å². The standard InChI is InChI=1S/C7H7NO2/c1-5-2-6(4-9)8-7(10)3-5/h2-4H,1H3,(H,8,10). The van der Waals surface area contributed by atoms with Gasteiger partial charge in [-0.1, -0.05) is 0 Å². The number of carbonyl (C=O) groups excluding carboxylic acids is 1. The van der Waals surface area contributed by atoms with E-state index < -0.39 is 0 Å². The SMILES string of the molecule is Cc1cc(C=O)[nH]c(=O)c1.